The molecule has 2 aliphatic heterocycles. The summed E-state index contributed by atoms with van der Waals surface area (Å²) >= 11 is 0. The third-order valence-electron chi connectivity index (χ3n) is 6.90. The van der Waals surface area contributed by atoms with Crippen molar-refractivity contribution >= 4 is 22.7 Å². The number of amides is 2. The number of nitrogens with zero attached hydrogens (tertiary/aromatic N) is 2. The Morgan fingerprint density at radius 1 is 1.21 bits per heavy atom. The molecule has 2 saturated heterocycles. The van der Waals surface area contributed by atoms with E-state index in [4.69, 9.17) is 0 Å². The number of hydrogen-bond acceptors (Lipinski definition) is 2. The Hall–Kier alpha value is -2.30. The van der Waals surface area contributed by atoms with Crippen LogP contribution in [0.2, 0.25) is 0 Å². The van der Waals surface area contributed by atoms with Crippen LogP contribution in [0.3, 0.4) is 0 Å². The quantitative estimate of drug-likeness (QED) is 0.830. The number of H-pyrrole nitrogens is 1. The Bertz CT molecular complexity index is 903. The van der Waals surface area contributed by atoms with Gasteiger partial charge in [-0.1, -0.05) is 31.5 Å². The smallest absolute Gasteiger partial charge is 0.227 e. The van der Waals surface area contributed by atoms with Crippen molar-refractivity contribution in [1.29, 1.82) is 0 Å². The van der Waals surface area contributed by atoms with Gasteiger partial charge in [-0.2, -0.15) is 0 Å². The van der Waals surface area contributed by atoms with Crippen LogP contribution in [0.4, 0.5) is 0 Å². The molecule has 0 radical (unpaired) electrons. The summed E-state index contributed by atoms with van der Waals surface area (Å²) in [5.74, 6) is 0.510. The molecule has 1 atom stereocenters. The van der Waals surface area contributed by atoms with Crippen LogP contribution in [0.5, 0.6) is 0 Å². The zero-order valence-corrected chi connectivity index (χ0v) is 17.8. The van der Waals surface area contributed by atoms with Crippen LogP contribution < -0.4 is 0 Å². The number of piperidine rings is 2. The maximum absolute atomic E-state index is 13.2. The van der Waals surface area contributed by atoms with E-state index in [2.05, 4.69) is 40.8 Å². The maximum Gasteiger partial charge on any atom is 0.227 e. The molecule has 2 amide bonds. The van der Waals surface area contributed by atoms with Crippen LogP contribution in [0.25, 0.3) is 10.9 Å². The van der Waals surface area contributed by atoms with Crippen LogP contribution in [-0.4, -0.2) is 52.8 Å². The molecule has 4 rings (SSSR count). The molecule has 1 spiro atoms. The first-order valence-electron chi connectivity index (χ1n) is 11.1. The standard InChI is InChI=1S/C24H33N3O2/c1-3-4-13-26-16-24(12-10-22(26)28)11-7-14-27(17-24)23(29)15-20-18(2)25-21-9-6-5-8-19(20)21/h5-6,8-9,25H,3-4,7,10-17H2,1-2H3. The van der Waals surface area contributed by atoms with Crippen molar-refractivity contribution < 1.29 is 9.59 Å². The van der Waals surface area contributed by atoms with Gasteiger partial charge in [-0.25, -0.2) is 0 Å². The number of likely N-dealkylation sites (tertiary alicyclic amines) is 2. The van der Waals surface area contributed by atoms with E-state index in [0.29, 0.717) is 18.7 Å². The van der Waals surface area contributed by atoms with Crippen LogP contribution in [0.15, 0.2) is 24.3 Å². The number of unbranched alkanes of at least 4 members (excludes halogenated alkanes) is 1. The fraction of sp³-hybridized carbons (Fsp3) is 0.583. The zero-order chi connectivity index (χ0) is 20.4. The molecular weight excluding hydrogens is 362 g/mol. The minimum absolute atomic E-state index is 0.0881. The van der Waals surface area contributed by atoms with E-state index in [0.717, 1.165) is 80.4 Å². The predicted octanol–water partition coefficient (Wildman–Crippen LogP) is 4.05. The summed E-state index contributed by atoms with van der Waals surface area (Å²) in [5, 5.41) is 1.15. The fourth-order valence-corrected chi connectivity index (χ4v) is 5.23. The lowest BCUT2D eigenvalue weighted by molar-refractivity contribution is -0.142. The third kappa shape index (κ3) is 4.05. The molecular formula is C24H33N3O2. The van der Waals surface area contributed by atoms with Crippen LogP contribution in [-0.2, 0) is 16.0 Å². The van der Waals surface area contributed by atoms with Gasteiger partial charge in [0, 0.05) is 54.6 Å². The molecule has 5 heteroatoms. The number of rotatable bonds is 5. The third-order valence-corrected chi connectivity index (χ3v) is 6.90. The van der Waals surface area contributed by atoms with E-state index < -0.39 is 0 Å². The molecule has 1 unspecified atom stereocenters. The zero-order valence-electron chi connectivity index (χ0n) is 17.8. The highest BCUT2D eigenvalue weighted by Crippen LogP contribution is 2.39. The number of fused-ring (bicyclic) bond motifs is 1. The molecule has 0 saturated carbocycles. The number of carbonyl (C=O) groups is 2. The average Bonchev–Trinajstić information content (AvgIpc) is 3.04. The van der Waals surface area contributed by atoms with E-state index in [1.165, 1.54) is 0 Å². The van der Waals surface area contributed by atoms with Gasteiger partial charge < -0.3 is 14.8 Å². The lowest BCUT2D eigenvalue weighted by Crippen LogP contribution is -2.55. The van der Waals surface area contributed by atoms with Crippen molar-refractivity contribution in [3.8, 4) is 0 Å². The first-order valence-corrected chi connectivity index (χ1v) is 11.1. The SMILES string of the molecule is CCCCN1CC2(CCCN(C(=O)Cc3c(C)[nH]c4ccccc34)C2)CCC1=O. The topological polar surface area (TPSA) is 56.4 Å². The van der Waals surface area contributed by atoms with Crippen LogP contribution >= 0.6 is 0 Å². The molecule has 3 heterocycles. The largest absolute Gasteiger partial charge is 0.358 e. The molecule has 1 aromatic heterocycles. The van der Waals surface area contributed by atoms with E-state index in [-0.39, 0.29) is 11.3 Å². The molecule has 0 bridgehead atoms. The number of carbonyl (C=O) groups excluding carboxylic acids is 2. The minimum atomic E-state index is 0.0881. The maximum atomic E-state index is 13.2. The Balaban J connectivity index is 1.47. The first kappa shape index (κ1) is 20.0. The second-order valence-corrected chi connectivity index (χ2v) is 9.04. The van der Waals surface area contributed by atoms with E-state index in [9.17, 15) is 9.59 Å². The highest BCUT2D eigenvalue weighted by molar-refractivity contribution is 5.90. The summed E-state index contributed by atoms with van der Waals surface area (Å²) in [6.45, 7) is 7.53. The summed E-state index contributed by atoms with van der Waals surface area (Å²) in [5.41, 5.74) is 3.39. The van der Waals surface area contributed by atoms with Gasteiger partial charge in [-0.05, 0) is 44.2 Å². The Kier molecular flexibility index (Phi) is 5.66. The Labute approximate surface area is 173 Å². The summed E-state index contributed by atoms with van der Waals surface area (Å²) in [6, 6.07) is 8.21. The summed E-state index contributed by atoms with van der Waals surface area (Å²) in [4.78, 5) is 33.1. The second-order valence-electron chi connectivity index (χ2n) is 9.04. The Morgan fingerprint density at radius 2 is 2.03 bits per heavy atom. The van der Waals surface area contributed by atoms with Gasteiger partial charge in [0.2, 0.25) is 11.8 Å². The van der Waals surface area contributed by atoms with Gasteiger partial charge in [0.1, 0.15) is 0 Å². The van der Waals surface area contributed by atoms with Crippen molar-refractivity contribution in [2.24, 2.45) is 5.41 Å². The monoisotopic (exact) mass is 395 g/mol. The number of aromatic nitrogens is 1. The molecule has 2 aliphatic rings. The van der Waals surface area contributed by atoms with Crippen molar-refractivity contribution in [2.45, 2.75) is 58.8 Å². The van der Waals surface area contributed by atoms with Gasteiger partial charge in [0.25, 0.3) is 0 Å². The van der Waals surface area contributed by atoms with Crippen LogP contribution in [0, 0.1) is 12.3 Å². The number of benzene rings is 1. The van der Waals surface area contributed by atoms with Crippen molar-refractivity contribution in [3.63, 3.8) is 0 Å². The van der Waals surface area contributed by atoms with E-state index in [1.807, 2.05) is 12.1 Å². The molecule has 1 aromatic carbocycles. The summed E-state index contributed by atoms with van der Waals surface area (Å²) in [6.07, 6.45) is 6.32. The normalized spacial score (nSPS) is 22.6. The van der Waals surface area contributed by atoms with Crippen molar-refractivity contribution in [2.75, 3.05) is 26.2 Å². The number of hydrogen-bond donors (Lipinski definition) is 1. The molecule has 2 fully saturated rings. The van der Waals surface area contributed by atoms with Gasteiger partial charge in [0.05, 0.1) is 6.42 Å². The van der Waals surface area contributed by atoms with Crippen molar-refractivity contribution in [3.05, 3.63) is 35.5 Å². The second kappa shape index (κ2) is 8.21. The van der Waals surface area contributed by atoms with Gasteiger partial charge in [-0.3, -0.25) is 9.59 Å². The van der Waals surface area contributed by atoms with Crippen molar-refractivity contribution in [1.82, 2.24) is 14.8 Å². The lowest BCUT2D eigenvalue weighted by atomic mass is 9.73. The highest BCUT2D eigenvalue weighted by Gasteiger charge is 2.42. The van der Waals surface area contributed by atoms with Gasteiger partial charge >= 0.3 is 0 Å². The number of aromatic amines is 1. The first-order chi connectivity index (χ1) is 14.0. The summed E-state index contributed by atoms with van der Waals surface area (Å²) < 4.78 is 0. The molecule has 1 N–H and O–H groups in total. The van der Waals surface area contributed by atoms with E-state index >= 15 is 0 Å². The van der Waals surface area contributed by atoms with Gasteiger partial charge in [0.15, 0.2) is 0 Å². The van der Waals surface area contributed by atoms with E-state index in [1.54, 1.807) is 0 Å². The predicted molar refractivity (Wildman–Crippen MR) is 116 cm³/mol. The average molecular weight is 396 g/mol. The lowest BCUT2D eigenvalue weighted by Gasteiger charge is -2.48. The molecule has 2 aromatic rings. The molecule has 156 valence electrons. The molecule has 5 nitrogen and oxygen atoms in total. The van der Waals surface area contributed by atoms with Crippen LogP contribution in [0.1, 0.15) is 56.7 Å². The molecule has 29 heavy (non-hydrogen) atoms. The van der Waals surface area contributed by atoms with Gasteiger partial charge in [-0.15, -0.1) is 0 Å². The summed E-state index contributed by atoms with van der Waals surface area (Å²) in [7, 11) is 0. The Morgan fingerprint density at radius 3 is 2.86 bits per heavy atom. The highest BCUT2D eigenvalue weighted by atomic mass is 16.2. The molecule has 0 aliphatic carbocycles. The number of aryl methyl sites for hydroxylation is 1. The minimum Gasteiger partial charge on any atom is -0.358 e. The number of nitrogens with one attached hydrogen (secondary N) is 1. The fourth-order valence-electron chi connectivity index (χ4n) is 5.23. The number of para-hydroxylation sites is 1.